The van der Waals surface area contributed by atoms with Crippen LogP contribution in [0, 0.1) is 22.2 Å². The summed E-state index contributed by atoms with van der Waals surface area (Å²) in [5.41, 5.74) is 0.701. The lowest BCUT2D eigenvalue weighted by Crippen LogP contribution is -2.74. The van der Waals surface area contributed by atoms with Crippen LogP contribution >= 0.6 is 11.6 Å². The van der Waals surface area contributed by atoms with E-state index in [2.05, 4.69) is 53.9 Å². The van der Waals surface area contributed by atoms with E-state index in [1.807, 2.05) is 29.2 Å². The number of carbonyl (C=O) groups is 2. The van der Waals surface area contributed by atoms with Gasteiger partial charge in [0.15, 0.2) is 0 Å². The van der Waals surface area contributed by atoms with Gasteiger partial charge in [-0.1, -0.05) is 52.1 Å². The highest BCUT2D eigenvalue weighted by atomic mass is 35.5. The number of pyridine rings is 1. The van der Waals surface area contributed by atoms with Crippen molar-refractivity contribution in [3.63, 3.8) is 0 Å². The van der Waals surface area contributed by atoms with E-state index >= 15 is 0 Å². The molecule has 0 unspecified atom stereocenters. The molecule has 57 heavy (non-hydrogen) atoms. The summed E-state index contributed by atoms with van der Waals surface area (Å²) in [5.74, 6) is 0.882. The van der Waals surface area contributed by atoms with Crippen molar-refractivity contribution in [2.75, 3.05) is 68.7 Å². The average Bonchev–Trinajstić information content (AvgIpc) is 3.20. The third-order valence-electron chi connectivity index (χ3n) is 11.9. The molecular formula is C43H53ClF3N7O3. The molecule has 3 aliphatic rings. The number of nitrogens with zero attached hydrogens (tertiary/aromatic N) is 6. The number of aromatic nitrogens is 1. The summed E-state index contributed by atoms with van der Waals surface area (Å²) < 4.78 is 45.7. The summed E-state index contributed by atoms with van der Waals surface area (Å²) in [7, 11) is 0. The number of nitrogens with one attached hydrogen (secondary N) is 1. The van der Waals surface area contributed by atoms with Gasteiger partial charge in [-0.25, -0.2) is 4.98 Å². The van der Waals surface area contributed by atoms with E-state index in [9.17, 15) is 28.0 Å². The molecule has 10 nitrogen and oxygen atoms in total. The molecule has 2 saturated heterocycles. The predicted molar refractivity (Wildman–Crippen MR) is 216 cm³/mol. The minimum Gasteiger partial charge on any atom is -0.489 e. The number of hydrogen-bond donors (Lipinski definition) is 1. The fourth-order valence-electron chi connectivity index (χ4n) is 8.94. The first-order valence-electron chi connectivity index (χ1n) is 19.9. The molecule has 3 aromatic rings. The van der Waals surface area contributed by atoms with Gasteiger partial charge in [-0.05, 0) is 67.9 Å². The molecule has 1 saturated carbocycles. The molecule has 1 aromatic heterocycles. The molecule has 2 aliphatic heterocycles. The molecule has 3 heterocycles. The van der Waals surface area contributed by atoms with Crippen molar-refractivity contribution in [3.05, 3.63) is 82.5 Å². The molecular weight excluding hydrogens is 755 g/mol. The molecule has 2 amide bonds. The number of rotatable bonds is 13. The highest BCUT2D eigenvalue weighted by Crippen LogP contribution is 2.55. The summed E-state index contributed by atoms with van der Waals surface area (Å²) in [6, 6.07) is 16.9. The molecule has 2 aromatic carbocycles. The first kappa shape index (κ1) is 42.1. The number of anilines is 2. The number of carbonyl (C=O) groups excluding carboxylic acids is 2. The van der Waals surface area contributed by atoms with Gasteiger partial charge in [0, 0.05) is 99.2 Å². The standard InChI is InChI=1S/C43H53ClF3N7O3/c1-41(2)39(42(3,4)40(41)57-34-15-12-31(29-48)35(44)28-34)50-38(56)30-10-13-33(14-11-30)52-21-19-51(20-22-52)18-8-6-5-7-9-37(55)54-25-23-53(24-26-54)36-27-32(16-17-49-36)43(45,46)47/h10-17,27-28,39-40H,5-9,18-26H2,1-4H3,(H,50,56). The summed E-state index contributed by atoms with van der Waals surface area (Å²) in [6.45, 7) is 15.0. The maximum atomic E-state index is 13.4. The van der Waals surface area contributed by atoms with E-state index in [1.165, 1.54) is 6.20 Å². The lowest BCUT2D eigenvalue weighted by molar-refractivity contribution is -0.164. The van der Waals surface area contributed by atoms with Crippen LogP contribution in [0.25, 0.3) is 0 Å². The van der Waals surface area contributed by atoms with Gasteiger partial charge < -0.3 is 24.8 Å². The molecule has 14 heteroatoms. The molecule has 3 fully saturated rings. The highest BCUT2D eigenvalue weighted by molar-refractivity contribution is 6.31. The number of alkyl halides is 3. The van der Waals surface area contributed by atoms with Gasteiger partial charge in [0.05, 0.1) is 16.1 Å². The van der Waals surface area contributed by atoms with Crippen LogP contribution in [0.15, 0.2) is 60.8 Å². The second-order valence-electron chi connectivity index (χ2n) is 16.6. The van der Waals surface area contributed by atoms with Crippen LogP contribution in [0.4, 0.5) is 24.7 Å². The molecule has 6 rings (SSSR count). The number of benzene rings is 2. The zero-order valence-electron chi connectivity index (χ0n) is 33.2. The first-order valence-corrected chi connectivity index (χ1v) is 20.3. The maximum absolute atomic E-state index is 13.4. The second kappa shape index (κ2) is 17.5. The van der Waals surface area contributed by atoms with Crippen LogP contribution in [0.3, 0.4) is 0 Å². The molecule has 0 bridgehead atoms. The van der Waals surface area contributed by atoms with Crippen molar-refractivity contribution in [2.45, 2.75) is 78.1 Å². The Morgan fingerprint density at radius 2 is 1.53 bits per heavy atom. The van der Waals surface area contributed by atoms with Crippen LogP contribution in [0.2, 0.25) is 5.02 Å². The van der Waals surface area contributed by atoms with Crippen molar-refractivity contribution in [3.8, 4) is 11.8 Å². The number of amides is 2. The second-order valence-corrected chi connectivity index (χ2v) is 17.0. The topological polar surface area (TPSA) is 105 Å². The molecule has 0 spiro atoms. The van der Waals surface area contributed by atoms with Gasteiger partial charge >= 0.3 is 6.18 Å². The molecule has 306 valence electrons. The van der Waals surface area contributed by atoms with E-state index in [-0.39, 0.29) is 34.8 Å². The van der Waals surface area contributed by atoms with Crippen molar-refractivity contribution in [2.24, 2.45) is 10.8 Å². The first-order chi connectivity index (χ1) is 27.1. The number of halogens is 4. The van der Waals surface area contributed by atoms with Crippen LogP contribution in [-0.4, -0.2) is 97.6 Å². The van der Waals surface area contributed by atoms with Crippen molar-refractivity contribution in [1.29, 1.82) is 5.26 Å². The average molecular weight is 808 g/mol. The fraction of sp³-hybridized carbons (Fsp3) is 0.535. The van der Waals surface area contributed by atoms with E-state index < -0.39 is 11.7 Å². The van der Waals surface area contributed by atoms with Gasteiger partial charge in [0.1, 0.15) is 23.7 Å². The number of ether oxygens (including phenoxy) is 1. The quantitative estimate of drug-likeness (QED) is 0.176. The molecule has 1 aliphatic carbocycles. The SMILES string of the molecule is CC1(C)C(NC(=O)c2ccc(N3CCN(CCCCCCC(=O)N4CCN(c5cc(C(F)(F)F)ccn5)CC4)CC3)cc2)C(C)(C)C1Oc1ccc(C#N)c(Cl)c1. The highest BCUT2D eigenvalue weighted by Gasteiger charge is 2.64. The number of hydrogen-bond acceptors (Lipinski definition) is 8. The summed E-state index contributed by atoms with van der Waals surface area (Å²) in [6.07, 6.45) is 1.03. The molecule has 1 N–H and O–H groups in total. The smallest absolute Gasteiger partial charge is 0.416 e. The Bertz CT molecular complexity index is 1900. The third-order valence-corrected chi connectivity index (χ3v) is 12.3. The number of unbranched alkanes of at least 4 members (excludes halogenated alkanes) is 3. The third kappa shape index (κ3) is 9.78. The Balaban J connectivity index is 0.855. The summed E-state index contributed by atoms with van der Waals surface area (Å²) in [5, 5.41) is 12.8. The van der Waals surface area contributed by atoms with Gasteiger partial charge in [0.2, 0.25) is 5.91 Å². The Morgan fingerprint density at radius 1 is 0.877 bits per heavy atom. The Morgan fingerprint density at radius 3 is 2.16 bits per heavy atom. The Hall–Kier alpha value is -4.54. The number of nitriles is 1. The minimum atomic E-state index is -4.41. The zero-order chi connectivity index (χ0) is 41.0. The maximum Gasteiger partial charge on any atom is 0.416 e. The van der Waals surface area contributed by atoms with Gasteiger partial charge in [-0.3, -0.25) is 14.5 Å². The van der Waals surface area contributed by atoms with Crippen LogP contribution in [0.5, 0.6) is 5.75 Å². The predicted octanol–water partition coefficient (Wildman–Crippen LogP) is 7.66. The van der Waals surface area contributed by atoms with E-state index in [1.54, 1.807) is 23.1 Å². The van der Waals surface area contributed by atoms with E-state index in [0.717, 1.165) is 76.2 Å². The van der Waals surface area contributed by atoms with Gasteiger partial charge in [0.25, 0.3) is 5.91 Å². The van der Waals surface area contributed by atoms with E-state index in [0.29, 0.717) is 60.3 Å². The van der Waals surface area contributed by atoms with Crippen molar-refractivity contribution in [1.82, 2.24) is 20.1 Å². The lowest BCUT2D eigenvalue weighted by Gasteiger charge is -2.63. The zero-order valence-corrected chi connectivity index (χ0v) is 34.0. The largest absolute Gasteiger partial charge is 0.489 e. The van der Waals surface area contributed by atoms with Gasteiger partial charge in [-0.15, -0.1) is 0 Å². The Kier molecular flexibility index (Phi) is 12.9. The molecule has 0 radical (unpaired) electrons. The molecule has 0 atom stereocenters. The van der Waals surface area contributed by atoms with Crippen molar-refractivity contribution >= 4 is 34.9 Å². The lowest BCUT2D eigenvalue weighted by atomic mass is 9.49. The summed E-state index contributed by atoms with van der Waals surface area (Å²) in [4.78, 5) is 38.8. The van der Waals surface area contributed by atoms with Crippen LogP contribution in [-0.2, 0) is 11.0 Å². The van der Waals surface area contributed by atoms with Crippen molar-refractivity contribution < 1.29 is 27.5 Å². The van der Waals surface area contributed by atoms with Crippen LogP contribution < -0.4 is 19.9 Å². The number of piperazine rings is 2. The fourth-order valence-corrected chi connectivity index (χ4v) is 9.15. The summed E-state index contributed by atoms with van der Waals surface area (Å²) >= 11 is 6.24. The Labute approximate surface area is 338 Å². The normalized spacial score (nSPS) is 20.7. The monoisotopic (exact) mass is 807 g/mol. The van der Waals surface area contributed by atoms with Crippen LogP contribution in [0.1, 0.15) is 81.3 Å². The van der Waals surface area contributed by atoms with Gasteiger partial charge in [-0.2, -0.15) is 18.4 Å². The minimum absolute atomic E-state index is 0.106. The van der Waals surface area contributed by atoms with E-state index in [4.69, 9.17) is 16.3 Å².